The monoisotopic (exact) mass is 337 g/mol. The molecule has 0 radical (unpaired) electrons. The number of nitrogens with two attached hydrogens (primary N) is 1. The fraction of sp³-hybridized carbons (Fsp3) is 0.0769. The number of rotatable bonds is 2. The van der Waals surface area contributed by atoms with E-state index in [1.54, 1.807) is 25.1 Å². The lowest BCUT2D eigenvalue weighted by atomic mass is 10.1. The molecule has 112 valence electrons. The van der Waals surface area contributed by atoms with Crippen LogP contribution in [0.15, 0.2) is 18.2 Å². The maximum absolute atomic E-state index is 11.1. The van der Waals surface area contributed by atoms with Crippen molar-refractivity contribution < 1.29 is 9.90 Å². The molecule has 0 aliphatic rings. The summed E-state index contributed by atoms with van der Waals surface area (Å²) >= 11 is 11.9. The van der Waals surface area contributed by atoms with E-state index >= 15 is 0 Å². The molecular weight excluding hydrogens is 329 g/mol. The van der Waals surface area contributed by atoms with Crippen LogP contribution >= 0.6 is 23.2 Å². The Morgan fingerprint density at radius 3 is 2.64 bits per heavy atom. The number of carboxylic acid groups (broad SMARTS) is 1. The first-order valence-corrected chi connectivity index (χ1v) is 6.86. The average molecular weight is 338 g/mol. The van der Waals surface area contributed by atoms with Crippen molar-refractivity contribution in [1.82, 2.24) is 19.8 Å². The van der Waals surface area contributed by atoms with E-state index in [9.17, 15) is 4.79 Å². The number of nitrogen functional groups attached to an aromatic ring is 1. The van der Waals surface area contributed by atoms with Crippen LogP contribution in [0.2, 0.25) is 10.0 Å². The van der Waals surface area contributed by atoms with Gasteiger partial charge in [-0.1, -0.05) is 29.3 Å². The third-order valence-corrected chi connectivity index (χ3v) is 3.90. The molecule has 3 N–H and O–H groups in total. The molecule has 22 heavy (non-hydrogen) atoms. The number of aromatic nitrogens is 4. The highest BCUT2D eigenvalue weighted by Crippen LogP contribution is 2.32. The summed E-state index contributed by atoms with van der Waals surface area (Å²) in [4.78, 5) is 11.1. The lowest BCUT2D eigenvalue weighted by Crippen LogP contribution is -2.12. The summed E-state index contributed by atoms with van der Waals surface area (Å²) < 4.78 is 1.25. The molecule has 0 bridgehead atoms. The molecule has 0 atom stereocenters. The van der Waals surface area contributed by atoms with Gasteiger partial charge in [0, 0.05) is 0 Å². The number of carbonyl (C=O) groups is 1. The highest BCUT2D eigenvalue weighted by molar-refractivity contribution is 6.42. The van der Waals surface area contributed by atoms with Crippen LogP contribution in [-0.4, -0.2) is 30.9 Å². The van der Waals surface area contributed by atoms with Crippen molar-refractivity contribution in [1.29, 1.82) is 0 Å². The van der Waals surface area contributed by atoms with Gasteiger partial charge in [0.2, 0.25) is 5.69 Å². The summed E-state index contributed by atoms with van der Waals surface area (Å²) in [5.41, 5.74) is 7.81. The van der Waals surface area contributed by atoms with Gasteiger partial charge in [-0.3, -0.25) is 0 Å². The zero-order chi connectivity index (χ0) is 16.0. The molecule has 0 saturated heterocycles. The number of hydrogen-bond donors (Lipinski definition) is 2. The van der Waals surface area contributed by atoms with E-state index in [0.29, 0.717) is 26.9 Å². The normalized spacial score (nSPS) is 11.0. The maximum Gasteiger partial charge on any atom is 0.360 e. The van der Waals surface area contributed by atoms with Gasteiger partial charge in [-0.15, -0.1) is 10.2 Å². The Labute approximate surface area is 134 Å². The highest BCUT2D eigenvalue weighted by atomic mass is 35.5. The number of anilines is 1. The first kappa shape index (κ1) is 14.6. The molecule has 9 heteroatoms. The van der Waals surface area contributed by atoms with Crippen molar-refractivity contribution in [3.63, 3.8) is 0 Å². The van der Waals surface area contributed by atoms with Gasteiger partial charge in [0.1, 0.15) is 0 Å². The SMILES string of the molecule is Cc1nn2c(N)c(C(=O)O)nnc2c1-c1ccc(Cl)c(Cl)c1. The van der Waals surface area contributed by atoms with E-state index < -0.39 is 5.97 Å². The van der Waals surface area contributed by atoms with Crippen molar-refractivity contribution in [3.05, 3.63) is 39.6 Å². The topological polar surface area (TPSA) is 106 Å². The van der Waals surface area contributed by atoms with Gasteiger partial charge in [-0.25, -0.2) is 4.79 Å². The second-order valence-electron chi connectivity index (χ2n) is 4.56. The molecule has 0 fully saturated rings. The van der Waals surface area contributed by atoms with Crippen LogP contribution in [0, 0.1) is 6.92 Å². The molecule has 0 aliphatic heterocycles. The molecule has 0 saturated carbocycles. The van der Waals surface area contributed by atoms with Crippen LogP contribution in [0.25, 0.3) is 16.8 Å². The third-order valence-electron chi connectivity index (χ3n) is 3.16. The molecule has 7 nitrogen and oxygen atoms in total. The van der Waals surface area contributed by atoms with Gasteiger partial charge >= 0.3 is 5.97 Å². The van der Waals surface area contributed by atoms with E-state index in [-0.39, 0.29) is 11.5 Å². The Balaban J connectivity index is 2.31. The smallest absolute Gasteiger partial charge is 0.360 e. The Morgan fingerprint density at radius 1 is 1.27 bits per heavy atom. The van der Waals surface area contributed by atoms with Crippen molar-refractivity contribution in [2.75, 3.05) is 5.73 Å². The molecule has 3 rings (SSSR count). The van der Waals surface area contributed by atoms with Gasteiger partial charge in [-0.2, -0.15) is 9.61 Å². The Bertz CT molecular complexity index is 922. The molecule has 1 aromatic carbocycles. The molecule has 3 aromatic rings. The van der Waals surface area contributed by atoms with Gasteiger partial charge in [0.05, 0.1) is 21.3 Å². The van der Waals surface area contributed by atoms with E-state index in [1.165, 1.54) is 4.52 Å². The van der Waals surface area contributed by atoms with Crippen LogP contribution in [0.1, 0.15) is 16.2 Å². The summed E-state index contributed by atoms with van der Waals surface area (Å²) in [5, 5.41) is 21.7. The predicted molar refractivity (Wildman–Crippen MR) is 82.3 cm³/mol. The standard InChI is InChI=1S/C13H9Cl2N5O2/c1-5-9(6-2-3-7(14)8(15)4-6)12-18-17-10(13(21)22)11(16)20(12)19-5/h2-4H,16H2,1H3,(H,21,22). The Morgan fingerprint density at radius 2 is 2.00 bits per heavy atom. The number of carboxylic acids is 1. The molecule has 2 heterocycles. The molecule has 0 unspecified atom stereocenters. The molecule has 0 spiro atoms. The maximum atomic E-state index is 11.1. The van der Waals surface area contributed by atoms with Crippen molar-refractivity contribution in [3.8, 4) is 11.1 Å². The minimum absolute atomic E-state index is 0.0908. The van der Waals surface area contributed by atoms with E-state index in [4.69, 9.17) is 34.0 Å². The summed E-state index contributed by atoms with van der Waals surface area (Å²) in [6.07, 6.45) is 0. The fourth-order valence-electron chi connectivity index (χ4n) is 2.17. The zero-order valence-corrected chi connectivity index (χ0v) is 12.7. The lowest BCUT2D eigenvalue weighted by molar-refractivity contribution is 0.0690. The summed E-state index contributed by atoms with van der Waals surface area (Å²) in [6.45, 7) is 1.76. The van der Waals surface area contributed by atoms with Crippen LogP contribution < -0.4 is 5.73 Å². The van der Waals surface area contributed by atoms with Gasteiger partial charge in [0.25, 0.3) is 0 Å². The van der Waals surface area contributed by atoms with Crippen molar-refractivity contribution in [2.45, 2.75) is 6.92 Å². The summed E-state index contributed by atoms with van der Waals surface area (Å²) in [6, 6.07) is 5.10. The average Bonchev–Trinajstić information content (AvgIpc) is 2.79. The number of aromatic carboxylic acids is 1. The second-order valence-corrected chi connectivity index (χ2v) is 5.38. The van der Waals surface area contributed by atoms with Crippen molar-refractivity contribution >= 4 is 40.6 Å². The lowest BCUT2D eigenvalue weighted by Gasteiger charge is -2.04. The second kappa shape index (κ2) is 5.11. The zero-order valence-electron chi connectivity index (χ0n) is 11.2. The number of fused-ring (bicyclic) bond motifs is 1. The van der Waals surface area contributed by atoms with E-state index in [1.807, 2.05) is 0 Å². The first-order chi connectivity index (χ1) is 10.4. The number of benzene rings is 1. The minimum atomic E-state index is -1.27. The minimum Gasteiger partial charge on any atom is -0.476 e. The van der Waals surface area contributed by atoms with Gasteiger partial charge < -0.3 is 10.8 Å². The molecular formula is C13H9Cl2N5O2. The fourth-order valence-corrected chi connectivity index (χ4v) is 2.46. The van der Waals surface area contributed by atoms with E-state index in [0.717, 1.165) is 5.56 Å². The summed E-state index contributed by atoms with van der Waals surface area (Å²) in [7, 11) is 0. The van der Waals surface area contributed by atoms with Crippen LogP contribution in [0.4, 0.5) is 5.82 Å². The Kier molecular flexibility index (Phi) is 3.38. The van der Waals surface area contributed by atoms with Gasteiger partial charge in [-0.05, 0) is 24.6 Å². The third kappa shape index (κ3) is 2.15. The predicted octanol–water partition coefficient (Wildman–Crippen LogP) is 2.69. The van der Waals surface area contributed by atoms with E-state index in [2.05, 4.69) is 15.3 Å². The van der Waals surface area contributed by atoms with Crippen molar-refractivity contribution in [2.24, 2.45) is 0 Å². The van der Waals surface area contributed by atoms with Crippen LogP contribution in [0.3, 0.4) is 0 Å². The largest absolute Gasteiger partial charge is 0.476 e. The number of aryl methyl sites for hydroxylation is 1. The van der Waals surface area contributed by atoms with Crippen LogP contribution in [0.5, 0.6) is 0 Å². The quantitative estimate of drug-likeness (QED) is 0.744. The number of halogens is 2. The number of nitrogens with zero attached hydrogens (tertiary/aromatic N) is 4. The molecule has 0 aliphatic carbocycles. The van der Waals surface area contributed by atoms with Crippen LogP contribution in [-0.2, 0) is 0 Å². The molecule has 0 amide bonds. The number of hydrogen-bond acceptors (Lipinski definition) is 5. The summed E-state index contributed by atoms with van der Waals surface area (Å²) in [5.74, 6) is -1.36. The highest BCUT2D eigenvalue weighted by Gasteiger charge is 2.20. The Hall–Kier alpha value is -2.38. The molecule has 2 aromatic heterocycles. The van der Waals surface area contributed by atoms with Gasteiger partial charge in [0.15, 0.2) is 11.5 Å². The first-order valence-electron chi connectivity index (χ1n) is 6.10.